The Kier molecular flexibility index (Phi) is 26.6. The van der Waals surface area contributed by atoms with Crippen molar-refractivity contribution in [2.45, 2.75) is 51.4 Å². The quantitative estimate of drug-likeness (QED) is 0.0549. The van der Waals surface area contributed by atoms with Crippen LogP contribution >= 0.6 is 0 Å². The van der Waals surface area contributed by atoms with E-state index in [1.165, 1.54) is 51.4 Å². The van der Waals surface area contributed by atoms with E-state index in [9.17, 15) is 79.0 Å². The molecule has 0 spiro atoms. The molecule has 6 aromatic carbocycles. The summed E-state index contributed by atoms with van der Waals surface area (Å²) in [5.74, 6) is -110. The smallest absolute Gasteiger partial charge is 0.484 e. The summed E-state index contributed by atoms with van der Waals surface area (Å²) < 4.78 is 478. The molecular weight excluding hydrogens is 1350 g/mol. The zero-order chi connectivity index (χ0) is 69.5. The molecule has 504 valence electrons. The van der Waals surface area contributed by atoms with Crippen LogP contribution in [0, 0.1) is 187 Å². The second-order valence-corrected chi connectivity index (χ2v) is 19.4. The molecule has 0 atom stereocenters. The van der Waals surface area contributed by atoms with E-state index in [1.54, 1.807) is 0 Å². The minimum absolute atomic E-state index is 0. The molecule has 4 saturated heterocycles. The molecule has 4 fully saturated rings. The topological polar surface area (TPSA) is 59.7 Å². The van der Waals surface area contributed by atoms with Crippen molar-refractivity contribution in [2.75, 3.05) is 52.9 Å². The molecule has 94 heavy (non-hydrogen) atoms. The molecule has 0 radical (unpaired) electrons. The van der Waals surface area contributed by atoms with Gasteiger partial charge in [0.15, 0.2) is 105 Å². The van der Waals surface area contributed by atoms with Gasteiger partial charge in [-0.25, -0.2) is 132 Å². The number of ether oxygens (including phenoxy) is 4. The Labute approximate surface area is 519 Å². The fourth-order valence-corrected chi connectivity index (χ4v) is 9.48. The third-order valence-corrected chi connectivity index (χ3v) is 13.9. The molecule has 0 unspecified atom stereocenters. The maximum Gasteiger partial charge on any atom is 1.00 e. The van der Waals surface area contributed by atoms with E-state index in [2.05, 4.69) is 14.8 Å². The number of benzene rings is 6. The summed E-state index contributed by atoms with van der Waals surface area (Å²) in [6, 6.07) is 0. The third kappa shape index (κ3) is 14.4. The maximum atomic E-state index is 15.8. The fourth-order valence-electron chi connectivity index (χ4n) is 9.48. The molecule has 7 nitrogen and oxygen atoms in total. The zero-order valence-electron chi connectivity index (χ0n) is 46.8. The standard InChI is InChI=1S/C38B2F30N3.4C4H8O.Li/c41-9-3(10(42)22(54)33(65)21(9)53)39(4-11(43)23(55)34(66)24(56)12(4)44,5-13(45)25(57)35(67)26(58)14(5)46)72-1-71-2-73-40(6-15(47)27(59)36(68)28(60)16(6)48,7-17(49)29(61)37(69)30(62)18(7)50)8-19(51)31(63)38(70)32(64)20(8)52;4*1-2-4-5-3-1;/h;4*1-4H2;/q-1;;;;;+1. The van der Waals surface area contributed by atoms with Crippen LogP contribution in [0.5, 0.6) is 0 Å². The Bertz CT molecular complexity index is 3190. The molecule has 4 aliphatic rings. The van der Waals surface area contributed by atoms with Gasteiger partial charge in [-0.3, -0.25) is 0 Å². The molecular formula is C54H32B2F30LiN3O4. The van der Waals surface area contributed by atoms with E-state index < -0.39 is 220 Å². The van der Waals surface area contributed by atoms with Gasteiger partial charge in [0.25, 0.3) is 12.4 Å². The number of rotatable bonds is 6. The minimum Gasteiger partial charge on any atom is -0.484 e. The molecule has 40 heteroatoms. The first-order valence-corrected chi connectivity index (χ1v) is 26.1. The fraction of sp³-hybridized carbons (Fsp3) is 0.296. The first-order chi connectivity index (χ1) is 43.8. The Morgan fingerprint density at radius 3 is 0.404 bits per heavy atom. The van der Waals surface area contributed by atoms with Gasteiger partial charge in [-0.1, -0.05) is 32.8 Å². The van der Waals surface area contributed by atoms with Crippen LogP contribution in [0.1, 0.15) is 51.4 Å². The predicted octanol–water partition coefficient (Wildman–Crippen LogP) is 9.64. The van der Waals surface area contributed by atoms with Crippen LogP contribution in [-0.4, -0.2) is 65.4 Å². The minimum atomic E-state index is -7.12. The first kappa shape index (κ1) is 77.3. The predicted molar refractivity (Wildman–Crippen MR) is 265 cm³/mol. The van der Waals surface area contributed by atoms with E-state index in [4.69, 9.17) is 18.9 Å². The van der Waals surface area contributed by atoms with Crippen molar-refractivity contribution < 1.29 is 170 Å². The first-order valence-electron chi connectivity index (χ1n) is 26.1. The maximum absolute atomic E-state index is 15.8. The average molecular weight is 1390 g/mol. The van der Waals surface area contributed by atoms with Gasteiger partial charge in [-0.2, -0.15) is 0 Å². The molecule has 6 aromatic rings. The average Bonchev–Trinajstić information content (AvgIpc) is 0.803. The summed E-state index contributed by atoms with van der Waals surface area (Å²) in [6.45, 7) is 8.00. The van der Waals surface area contributed by atoms with Crippen LogP contribution in [0.15, 0.2) is 0 Å². The molecule has 0 aromatic heterocycles. The van der Waals surface area contributed by atoms with E-state index in [1.807, 2.05) is 0 Å². The number of halogens is 30. The van der Waals surface area contributed by atoms with Crippen LogP contribution in [-0.2, 0) is 18.9 Å². The summed E-state index contributed by atoms with van der Waals surface area (Å²) in [4.78, 5) is 0. The summed E-state index contributed by atoms with van der Waals surface area (Å²) >= 11 is 0. The molecule has 0 bridgehead atoms. The van der Waals surface area contributed by atoms with Crippen molar-refractivity contribution in [1.82, 2.24) is 0 Å². The Morgan fingerprint density at radius 1 is 0.202 bits per heavy atom. The van der Waals surface area contributed by atoms with Crippen LogP contribution in [0.3, 0.4) is 0 Å². The second kappa shape index (κ2) is 32.3. The van der Waals surface area contributed by atoms with Crippen molar-refractivity contribution in [1.29, 1.82) is 0 Å². The Balaban J connectivity index is 0.000000643. The van der Waals surface area contributed by atoms with Crippen LogP contribution in [0.25, 0.3) is 14.8 Å². The number of hydrogen-bond acceptors (Lipinski definition) is 4. The van der Waals surface area contributed by atoms with Crippen molar-refractivity contribution in [3.8, 4) is 12.4 Å². The summed E-state index contributed by atoms with van der Waals surface area (Å²) in [5, 5.41) is 2.18. The van der Waals surface area contributed by atoms with E-state index in [0.717, 1.165) is 52.9 Å². The van der Waals surface area contributed by atoms with Crippen molar-refractivity contribution in [3.63, 3.8) is 0 Å². The van der Waals surface area contributed by atoms with E-state index in [-0.39, 0.29) is 18.9 Å². The number of hydrogen-bond donors (Lipinski definition) is 0. The molecule has 4 heterocycles. The van der Waals surface area contributed by atoms with Gasteiger partial charge in [0.05, 0.1) is 0 Å². The summed E-state index contributed by atoms with van der Waals surface area (Å²) in [5.41, 5.74) is -21.5. The largest absolute Gasteiger partial charge is 1.00 e. The van der Waals surface area contributed by atoms with Gasteiger partial charge in [-0.15, -0.1) is 0 Å². The van der Waals surface area contributed by atoms with Crippen molar-refractivity contribution in [3.05, 3.63) is 189 Å². The molecule has 10 rings (SSSR count). The Hall–Kier alpha value is -7.43. The van der Waals surface area contributed by atoms with Crippen LogP contribution in [0.2, 0.25) is 0 Å². The molecule has 4 aliphatic heterocycles. The molecule has 0 amide bonds. The normalized spacial score (nSPS) is 14.2. The van der Waals surface area contributed by atoms with Gasteiger partial charge in [0, 0.05) is 58.2 Å². The van der Waals surface area contributed by atoms with E-state index >= 15 is 52.7 Å². The van der Waals surface area contributed by atoms with Gasteiger partial charge >= 0.3 is 31.4 Å². The van der Waals surface area contributed by atoms with E-state index in [0.29, 0.717) is 12.4 Å². The van der Waals surface area contributed by atoms with Gasteiger partial charge in [-0.05, 0) is 51.4 Å². The van der Waals surface area contributed by atoms with Gasteiger partial charge in [0.1, 0.15) is 69.8 Å². The third-order valence-electron chi connectivity index (χ3n) is 13.9. The van der Waals surface area contributed by atoms with Crippen LogP contribution < -0.4 is 51.6 Å². The van der Waals surface area contributed by atoms with Gasteiger partial charge < -0.3 is 28.5 Å². The van der Waals surface area contributed by atoms with Gasteiger partial charge in [0.2, 0.25) is 0 Å². The van der Waals surface area contributed by atoms with Crippen LogP contribution in [0.4, 0.5) is 132 Å². The zero-order valence-corrected chi connectivity index (χ0v) is 46.8. The Morgan fingerprint density at radius 2 is 0.309 bits per heavy atom. The van der Waals surface area contributed by atoms with Crippen molar-refractivity contribution in [2.24, 2.45) is 0 Å². The monoisotopic (exact) mass is 1390 g/mol. The molecule has 0 aliphatic carbocycles. The van der Waals surface area contributed by atoms with Crippen molar-refractivity contribution >= 4 is 45.3 Å². The SMILES string of the molecule is C1CCOC1.C1CCOC1.C1CCOC1.C1CCOC1.Fc1c(F)c(F)c([B-]([N+]#C[N-]C#[N+][B-](c2c(F)c(F)c(F)c(F)c2F)(c2c(F)c(F)c(F)c(F)c2F)c2c(F)c(F)c(F)c(F)c2F)(c2c(F)c(F)c(F)c(F)c2F)c2c(F)c(F)c(F)c(F)c2F)c(F)c1F.[Li+]. The number of nitrogens with zero attached hydrogens (tertiary/aromatic N) is 3. The molecule has 0 saturated carbocycles. The summed E-state index contributed by atoms with van der Waals surface area (Å²) in [7, 11) is 0. The molecule has 0 N–H and O–H groups in total. The second-order valence-electron chi connectivity index (χ2n) is 19.4. The summed E-state index contributed by atoms with van der Waals surface area (Å²) in [6.07, 6.45) is -3.35.